The fourth-order valence-corrected chi connectivity index (χ4v) is 2.77. The highest BCUT2D eigenvalue weighted by Gasteiger charge is 2.10. The average molecular weight is 348 g/mol. The minimum atomic E-state index is 0.638. The van der Waals surface area contributed by atoms with Crippen LogP contribution in [0.3, 0.4) is 0 Å². The van der Waals surface area contributed by atoms with Crippen molar-refractivity contribution in [3.05, 3.63) is 85.0 Å². The zero-order valence-electron chi connectivity index (χ0n) is 15.8. The second-order valence-electron chi connectivity index (χ2n) is 6.22. The third-order valence-electron chi connectivity index (χ3n) is 3.91. The smallest absolute Gasteiger partial charge is 0.127 e. The Morgan fingerprint density at radius 1 is 0.731 bits per heavy atom. The van der Waals surface area contributed by atoms with Crippen molar-refractivity contribution in [2.24, 2.45) is 0 Å². The topological polar surface area (TPSA) is 18.5 Å². The lowest BCUT2D eigenvalue weighted by Gasteiger charge is -2.15. The molecule has 0 aliphatic heterocycles. The molecule has 0 amide bonds. The molecule has 0 aromatic heterocycles. The van der Waals surface area contributed by atoms with E-state index >= 15 is 0 Å². The molecular weight excluding hydrogens is 320 g/mol. The molecule has 0 fully saturated rings. The molecule has 0 unspecified atom stereocenters. The van der Waals surface area contributed by atoms with E-state index in [-0.39, 0.29) is 0 Å². The van der Waals surface area contributed by atoms with Crippen LogP contribution in [-0.4, -0.2) is 13.2 Å². The van der Waals surface area contributed by atoms with E-state index in [1.165, 1.54) is 0 Å². The first-order valence-electron chi connectivity index (χ1n) is 9.01. The monoisotopic (exact) mass is 348 g/mol. The van der Waals surface area contributed by atoms with Gasteiger partial charge in [-0.3, -0.25) is 0 Å². The van der Waals surface area contributed by atoms with Gasteiger partial charge in [-0.25, -0.2) is 0 Å². The summed E-state index contributed by atoms with van der Waals surface area (Å²) in [4.78, 5) is 0. The summed E-state index contributed by atoms with van der Waals surface area (Å²) < 4.78 is 12.1. The maximum absolute atomic E-state index is 6.05. The standard InChI is InChI=1S/C24H28O2/c1-5-7-9-11-13-25-23-17-19(3)16-22-21(23)15-20(4)18-24(22)26-14-12-10-8-6-2/h5-10,15-18H,1-2,11-14H2,3-4H3/b9-7-,10-8-. The van der Waals surface area contributed by atoms with Gasteiger partial charge in [0.25, 0.3) is 0 Å². The van der Waals surface area contributed by atoms with Gasteiger partial charge in [-0.15, -0.1) is 0 Å². The molecule has 0 aliphatic rings. The van der Waals surface area contributed by atoms with Crippen molar-refractivity contribution in [3.8, 4) is 11.5 Å². The Labute approximate surface area is 157 Å². The van der Waals surface area contributed by atoms with Gasteiger partial charge in [0.15, 0.2) is 0 Å². The lowest BCUT2D eigenvalue weighted by atomic mass is 10.0. The van der Waals surface area contributed by atoms with Gasteiger partial charge in [0, 0.05) is 10.8 Å². The highest BCUT2D eigenvalue weighted by atomic mass is 16.5. The summed E-state index contributed by atoms with van der Waals surface area (Å²) in [5.74, 6) is 1.82. The molecule has 0 atom stereocenters. The molecule has 0 saturated carbocycles. The van der Waals surface area contributed by atoms with E-state index in [0.717, 1.165) is 46.2 Å². The summed E-state index contributed by atoms with van der Waals surface area (Å²) in [5.41, 5.74) is 2.32. The maximum atomic E-state index is 6.05. The summed E-state index contributed by atoms with van der Waals surface area (Å²) in [6.45, 7) is 12.8. The van der Waals surface area contributed by atoms with Crippen molar-refractivity contribution in [3.63, 3.8) is 0 Å². The van der Waals surface area contributed by atoms with Gasteiger partial charge in [0.1, 0.15) is 11.5 Å². The minimum absolute atomic E-state index is 0.638. The first-order valence-corrected chi connectivity index (χ1v) is 9.01. The van der Waals surface area contributed by atoms with Crippen LogP contribution in [-0.2, 0) is 0 Å². The van der Waals surface area contributed by atoms with Crippen LogP contribution in [0.2, 0.25) is 0 Å². The van der Waals surface area contributed by atoms with Crippen LogP contribution < -0.4 is 9.47 Å². The van der Waals surface area contributed by atoms with Gasteiger partial charge in [-0.1, -0.05) is 49.6 Å². The van der Waals surface area contributed by atoms with E-state index in [1.807, 2.05) is 12.2 Å². The van der Waals surface area contributed by atoms with E-state index in [9.17, 15) is 0 Å². The molecule has 0 saturated heterocycles. The Balaban J connectivity index is 2.24. The summed E-state index contributed by atoms with van der Waals surface area (Å²) >= 11 is 0. The van der Waals surface area contributed by atoms with Crippen molar-refractivity contribution in [1.82, 2.24) is 0 Å². The highest BCUT2D eigenvalue weighted by molar-refractivity contribution is 5.94. The van der Waals surface area contributed by atoms with Gasteiger partial charge in [0.2, 0.25) is 0 Å². The molecule has 136 valence electrons. The number of fused-ring (bicyclic) bond motifs is 1. The van der Waals surface area contributed by atoms with E-state index < -0.39 is 0 Å². The Bertz CT molecular complexity index is 743. The van der Waals surface area contributed by atoms with E-state index in [1.54, 1.807) is 12.2 Å². The molecular formula is C24H28O2. The minimum Gasteiger partial charge on any atom is -0.493 e. The predicted octanol–water partition coefficient (Wildman–Crippen LogP) is 6.48. The lowest BCUT2D eigenvalue weighted by Crippen LogP contribution is -2.00. The largest absolute Gasteiger partial charge is 0.493 e. The first kappa shape index (κ1) is 19.6. The van der Waals surface area contributed by atoms with Gasteiger partial charge in [-0.2, -0.15) is 0 Å². The Hall–Kier alpha value is -2.74. The first-order chi connectivity index (χ1) is 12.7. The van der Waals surface area contributed by atoms with Crippen molar-refractivity contribution in [2.45, 2.75) is 26.7 Å². The van der Waals surface area contributed by atoms with Crippen LogP contribution in [0.1, 0.15) is 24.0 Å². The number of ether oxygens (including phenoxy) is 2. The SMILES string of the molecule is C=C/C=C\CCOc1cc(C)cc2c(OCC/C=C\C=C)cc(C)cc12. The van der Waals surface area contributed by atoms with Gasteiger partial charge in [0.05, 0.1) is 13.2 Å². The highest BCUT2D eigenvalue weighted by Crippen LogP contribution is 2.35. The predicted molar refractivity (Wildman–Crippen MR) is 112 cm³/mol. The zero-order chi connectivity index (χ0) is 18.8. The van der Waals surface area contributed by atoms with E-state index in [4.69, 9.17) is 9.47 Å². The molecule has 0 spiro atoms. The van der Waals surface area contributed by atoms with Crippen molar-refractivity contribution in [2.75, 3.05) is 13.2 Å². The fourth-order valence-electron chi connectivity index (χ4n) is 2.77. The quantitative estimate of drug-likeness (QED) is 0.361. The average Bonchev–Trinajstić information content (AvgIpc) is 2.62. The molecule has 0 heterocycles. The summed E-state index contributed by atoms with van der Waals surface area (Å²) in [6, 6.07) is 8.51. The van der Waals surface area contributed by atoms with Crippen LogP contribution in [0.15, 0.2) is 73.9 Å². The molecule has 26 heavy (non-hydrogen) atoms. The Morgan fingerprint density at radius 2 is 1.15 bits per heavy atom. The van der Waals surface area contributed by atoms with Crippen LogP contribution in [0.4, 0.5) is 0 Å². The third kappa shape index (κ3) is 5.66. The van der Waals surface area contributed by atoms with Gasteiger partial charge >= 0.3 is 0 Å². The molecule has 0 aliphatic carbocycles. The van der Waals surface area contributed by atoms with Crippen LogP contribution in [0.25, 0.3) is 10.8 Å². The second-order valence-corrected chi connectivity index (χ2v) is 6.22. The number of hydrogen-bond donors (Lipinski definition) is 0. The van der Waals surface area contributed by atoms with Crippen molar-refractivity contribution in [1.29, 1.82) is 0 Å². The molecule has 2 rings (SSSR count). The second kappa shape index (κ2) is 10.3. The molecule has 2 aromatic carbocycles. The molecule has 0 bridgehead atoms. The molecule has 2 nitrogen and oxygen atoms in total. The van der Waals surface area contributed by atoms with Gasteiger partial charge < -0.3 is 9.47 Å². The van der Waals surface area contributed by atoms with Crippen LogP contribution in [0, 0.1) is 13.8 Å². The Kier molecular flexibility index (Phi) is 7.75. The number of allylic oxidation sites excluding steroid dienone is 4. The van der Waals surface area contributed by atoms with Crippen LogP contribution >= 0.6 is 0 Å². The van der Waals surface area contributed by atoms with Crippen LogP contribution in [0.5, 0.6) is 11.5 Å². The number of aryl methyl sites for hydroxylation is 2. The fraction of sp³-hybridized carbons (Fsp3) is 0.250. The van der Waals surface area contributed by atoms with E-state index in [2.05, 4.69) is 63.4 Å². The summed E-state index contributed by atoms with van der Waals surface area (Å²) in [7, 11) is 0. The van der Waals surface area contributed by atoms with Crippen molar-refractivity contribution >= 4 is 10.8 Å². The van der Waals surface area contributed by atoms with E-state index in [0.29, 0.717) is 13.2 Å². The van der Waals surface area contributed by atoms with Crippen molar-refractivity contribution < 1.29 is 9.47 Å². The number of rotatable bonds is 10. The molecule has 2 aromatic rings. The normalized spacial score (nSPS) is 11.3. The number of benzene rings is 2. The molecule has 0 radical (unpaired) electrons. The number of hydrogen-bond acceptors (Lipinski definition) is 2. The lowest BCUT2D eigenvalue weighted by molar-refractivity contribution is 0.325. The maximum Gasteiger partial charge on any atom is 0.127 e. The summed E-state index contributed by atoms with van der Waals surface area (Å²) in [5, 5.41) is 2.19. The summed E-state index contributed by atoms with van der Waals surface area (Å²) in [6.07, 6.45) is 13.3. The Morgan fingerprint density at radius 3 is 1.54 bits per heavy atom. The molecule has 0 N–H and O–H groups in total. The zero-order valence-corrected chi connectivity index (χ0v) is 15.8. The third-order valence-corrected chi connectivity index (χ3v) is 3.91. The molecule has 2 heteroatoms. The van der Waals surface area contributed by atoms with Gasteiger partial charge in [-0.05, 0) is 62.1 Å².